The van der Waals surface area contributed by atoms with Gasteiger partial charge >= 0.3 is 5.97 Å². The lowest BCUT2D eigenvalue weighted by atomic mass is 10.0. The van der Waals surface area contributed by atoms with Crippen molar-refractivity contribution in [2.45, 2.75) is 33.1 Å². The molecule has 0 atom stereocenters. The molecule has 3 nitrogen and oxygen atoms in total. The van der Waals surface area contributed by atoms with E-state index in [0.29, 0.717) is 6.42 Å². The van der Waals surface area contributed by atoms with Gasteiger partial charge in [-0.15, -0.1) is 0 Å². The molecule has 0 saturated heterocycles. The van der Waals surface area contributed by atoms with Gasteiger partial charge < -0.3 is 10.1 Å². The van der Waals surface area contributed by atoms with Crippen molar-refractivity contribution in [2.75, 3.05) is 0 Å². The third kappa shape index (κ3) is 3.25. The summed E-state index contributed by atoms with van der Waals surface area (Å²) in [7, 11) is 0. The first-order valence-corrected chi connectivity index (χ1v) is 6.51. The van der Waals surface area contributed by atoms with E-state index in [9.17, 15) is 4.79 Å². The average molecular weight is 257 g/mol. The lowest BCUT2D eigenvalue weighted by molar-refractivity contribution is -0.136. The zero-order chi connectivity index (χ0) is 13.8. The minimum absolute atomic E-state index is 0.172. The predicted octanol–water partition coefficient (Wildman–Crippen LogP) is 3.69. The first-order chi connectivity index (χ1) is 9.08. The summed E-state index contributed by atoms with van der Waals surface area (Å²) in [5, 5.41) is 9.91. The Morgan fingerprint density at radius 1 is 1.32 bits per heavy atom. The quantitative estimate of drug-likeness (QED) is 0.802. The number of hydrogen-bond donors (Lipinski definition) is 2. The van der Waals surface area contributed by atoms with Crippen LogP contribution in [0.5, 0.6) is 0 Å². The van der Waals surface area contributed by atoms with Crippen LogP contribution in [0.15, 0.2) is 36.0 Å². The van der Waals surface area contributed by atoms with E-state index in [4.69, 9.17) is 5.11 Å². The van der Waals surface area contributed by atoms with E-state index in [-0.39, 0.29) is 6.42 Å². The summed E-state index contributed by atoms with van der Waals surface area (Å²) in [6.45, 7) is 4.18. The van der Waals surface area contributed by atoms with Crippen LogP contribution >= 0.6 is 0 Å². The highest BCUT2D eigenvalue weighted by atomic mass is 16.4. The molecule has 0 aliphatic heterocycles. The number of carboxylic acids is 1. The molecule has 2 rings (SSSR count). The first-order valence-electron chi connectivity index (χ1n) is 6.51. The number of allylic oxidation sites excluding steroid dienone is 2. The molecule has 0 bridgehead atoms. The van der Waals surface area contributed by atoms with Crippen molar-refractivity contribution < 1.29 is 9.90 Å². The minimum atomic E-state index is -0.755. The monoisotopic (exact) mass is 257 g/mol. The maximum absolute atomic E-state index is 10.7. The molecule has 0 spiro atoms. The molecule has 0 radical (unpaired) electrons. The molecule has 2 aromatic rings. The van der Waals surface area contributed by atoms with E-state index < -0.39 is 5.97 Å². The minimum Gasteiger partial charge on any atom is -0.481 e. The number of hydrogen-bond acceptors (Lipinski definition) is 1. The fourth-order valence-corrected chi connectivity index (χ4v) is 2.21. The molecule has 3 heteroatoms. The Kier molecular flexibility index (Phi) is 4.05. The maximum Gasteiger partial charge on any atom is 0.303 e. The van der Waals surface area contributed by atoms with Gasteiger partial charge in [-0.25, -0.2) is 0 Å². The van der Waals surface area contributed by atoms with Crippen LogP contribution in [0.2, 0.25) is 0 Å². The molecule has 0 saturated carbocycles. The summed E-state index contributed by atoms with van der Waals surface area (Å²) < 4.78 is 0. The van der Waals surface area contributed by atoms with Gasteiger partial charge in [-0.2, -0.15) is 0 Å². The highest BCUT2D eigenvalue weighted by Gasteiger charge is 2.08. The largest absolute Gasteiger partial charge is 0.481 e. The fraction of sp³-hybridized carbons (Fsp3) is 0.312. The summed E-state index contributed by atoms with van der Waals surface area (Å²) in [6, 6.07) is 6.20. The highest BCUT2D eigenvalue weighted by molar-refractivity contribution is 5.86. The van der Waals surface area contributed by atoms with Gasteiger partial charge in [0.25, 0.3) is 0 Å². The number of aryl methyl sites for hydroxylation is 1. The summed E-state index contributed by atoms with van der Waals surface area (Å²) >= 11 is 0. The van der Waals surface area contributed by atoms with Gasteiger partial charge in [0.2, 0.25) is 0 Å². The van der Waals surface area contributed by atoms with E-state index in [2.05, 4.69) is 37.0 Å². The molecule has 2 N–H and O–H groups in total. The smallest absolute Gasteiger partial charge is 0.303 e. The van der Waals surface area contributed by atoms with Crippen LogP contribution in [0.25, 0.3) is 10.9 Å². The Hall–Kier alpha value is -2.03. The zero-order valence-corrected chi connectivity index (χ0v) is 11.4. The number of aliphatic carboxylic acids is 1. The number of para-hydroxylation sites is 1. The molecular formula is C16H19NO2. The van der Waals surface area contributed by atoms with Gasteiger partial charge in [-0.05, 0) is 37.8 Å². The summed E-state index contributed by atoms with van der Waals surface area (Å²) in [5.74, 6) is -0.755. The van der Waals surface area contributed by atoms with Gasteiger partial charge in [0.15, 0.2) is 0 Å². The number of H-pyrrole nitrogens is 1. The lowest BCUT2D eigenvalue weighted by Gasteiger charge is -2.02. The number of aromatic nitrogens is 1. The molecule has 0 aliphatic carbocycles. The Morgan fingerprint density at radius 3 is 2.79 bits per heavy atom. The van der Waals surface area contributed by atoms with Gasteiger partial charge in [-0.3, -0.25) is 4.79 Å². The molecule has 0 fully saturated rings. The second-order valence-corrected chi connectivity index (χ2v) is 5.03. The van der Waals surface area contributed by atoms with Crippen LogP contribution in [-0.4, -0.2) is 16.1 Å². The topological polar surface area (TPSA) is 53.1 Å². The van der Waals surface area contributed by atoms with E-state index in [1.54, 1.807) is 0 Å². The number of carboxylic acid groups (broad SMARTS) is 1. The Morgan fingerprint density at radius 2 is 2.11 bits per heavy atom. The molecule has 1 aromatic heterocycles. The standard InChI is InChI=1S/C16H19NO2/c1-11(2)6-7-12-4-3-5-14-13(8-9-15(18)19)10-17-16(12)14/h3-6,10,17H,7-9H2,1-2H3,(H,18,19). The number of carbonyl (C=O) groups is 1. The van der Waals surface area contributed by atoms with Crippen LogP contribution in [0.1, 0.15) is 31.4 Å². The highest BCUT2D eigenvalue weighted by Crippen LogP contribution is 2.23. The fourth-order valence-electron chi connectivity index (χ4n) is 2.21. The van der Waals surface area contributed by atoms with Crippen LogP contribution in [-0.2, 0) is 17.6 Å². The SMILES string of the molecule is CC(C)=CCc1cccc2c(CCC(=O)O)c[nH]c12. The van der Waals surface area contributed by atoms with Crippen molar-refractivity contribution in [3.05, 3.63) is 47.2 Å². The number of fused-ring (bicyclic) bond motifs is 1. The zero-order valence-electron chi connectivity index (χ0n) is 11.4. The summed E-state index contributed by atoms with van der Waals surface area (Å²) in [6.07, 6.45) is 5.78. The van der Waals surface area contributed by atoms with E-state index in [1.807, 2.05) is 12.3 Å². The van der Waals surface area contributed by atoms with Crippen LogP contribution < -0.4 is 0 Å². The summed E-state index contributed by atoms with van der Waals surface area (Å²) in [5.41, 5.74) is 4.76. The average Bonchev–Trinajstić information content (AvgIpc) is 2.77. The first kappa shape index (κ1) is 13.4. The lowest BCUT2D eigenvalue weighted by Crippen LogP contribution is -1.96. The van der Waals surface area contributed by atoms with Gasteiger partial charge in [0.05, 0.1) is 0 Å². The molecule has 1 aromatic carbocycles. The van der Waals surface area contributed by atoms with E-state index in [1.165, 1.54) is 11.1 Å². The summed E-state index contributed by atoms with van der Waals surface area (Å²) in [4.78, 5) is 13.9. The third-order valence-electron chi connectivity index (χ3n) is 3.23. The molecule has 0 aliphatic rings. The van der Waals surface area contributed by atoms with Crippen molar-refractivity contribution in [1.82, 2.24) is 4.98 Å². The number of nitrogens with one attached hydrogen (secondary N) is 1. The van der Waals surface area contributed by atoms with Gasteiger partial charge in [-0.1, -0.05) is 29.8 Å². The van der Waals surface area contributed by atoms with Crippen molar-refractivity contribution in [3.8, 4) is 0 Å². The van der Waals surface area contributed by atoms with E-state index in [0.717, 1.165) is 22.9 Å². The number of aromatic amines is 1. The Labute approximate surface area is 113 Å². The Bertz CT molecular complexity index is 619. The molecule has 19 heavy (non-hydrogen) atoms. The number of benzene rings is 1. The van der Waals surface area contributed by atoms with Crippen molar-refractivity contribution in [1.29, 1.82) is 0 Å². The number of rotatable bonds is 5. The van der Waals surface area contributed by atoms with Crippen molar-refractivity contribution in [3.63, 3.8) is 0 Å². The van der Waals surface area contributed by atoms with Gasteiger partial charge in [0.1, 0.15) is 0 Å². The Balaban J connectivity index is 2.31. The molecule has 0 amide bonds. The molecule has 1 heterocycles. The normalized spacial score (nSPS) is 10.6. The molecule has 100 valence electrons. The second-order valence-electron chi connectivity index (χ2n) is 5.03. The second kappa shape index (κ2) is 5.74. The maximum atomic E-state index is 10.7. The van der Waals surface area contributed by atoms with E-state index >= 15 is 0 Å². The van der Waals surface area contributed by atoms with Crippen LogP contribution in [0, 0.1) is 0 Å². The predicted molar refractivity (Wildman–Crippen MR) is 77.4 cm³/mol. The van der Waals surface area contributed by atoms with Crippen LogP contribution in [0.4, 0.5) is 0 Å². The van der Waals surface area contributed by atoms with Gasteiger partial charge in [0, 0.05) is 23.5 Å². The molecular weight excluding hydrogens is 238 g/mol. The third-order valence-corrected chi connectivity index (χ3v) is 3.23. The van der Waals surface area contributed by atoms with Crippen molar-refractivity contribution in [2.24, 2.45) is 0 Å². The van der Waals surface area contributed by atoms with Crippen LogP contribution in [0.3, 0.4) is 0 Å². The molecule has 0 unspecified atom stereocenters. The van der Waals surface area contributed by atoms with Crippen molar-refractivity contribution >= 4 is 16.9 Å².